The molecule has 1 N–H and O–H groups in total. The van der Waals surface area contributed by atoms with Gasteiger partial charge in [0.2, 0.25) is 0 Å². The largest absolute Gasteiger partial charge is 0.504 e. The lowest BCUT2D eigenvalue weighted by molar-refractivity contribution is 0.217. The fourth-order valence-corrected chi connectivity index (χ4v) is 5.60. The average molecular weight is 439 g/mol. The van der Waals surface area contributed by atoms with Crippen LogP contribution in [0.2, 0.25) is 0 Å². The Morgan fingerprint density at radius 3 is 2.75 bits per heavy atom. The normalized spacial score (nSPS) is 14.2. The van der Waals surface area contributed by atoms with Gasteiger partial charge in [0, 0.05) is 57.8 Å². The number of fused-ring (bicyclic) bond motifs is 4. The zero-order valence-electron chi connectivity index (χ0n) is 17.5. The maximum atomic E-state index is 10.8. The van der Waals surface area contributed by atoms with Gasteiger partial charge in [-0.2, -0.15) is 0 Å². The van der Waals surface area contributed by atoms with Crippen molar-refractivity contribution in [2.24, 2.45) is 0 Å². The molecule has 1 aliphatic rings. The van der Waals surface area contributed by atoms with Gasteiger partial charge in [-0.3, -0.25) is 9.88 Å². The SMILES string of the molecule is Oc1cc(-c2ccc3sc4ccccc4c3c2)cc2c1OCCN(Cc1cccnc1)C2. The van der Waals surface area contributed by atoms with Crippen molar-refractivity contribution in [3.63, 3.8) is 0 Å². The summed E-state index contributed by atoms with van der Waals surface area (Å²) in [7, 11) is 0. The first-order valence-electron chi connectivity index (χ1n) is 10.8. The maximum Gasteiger partial charge on any atom is 0.165 e. The predicted octanol–water partition coefficient (Wildman–Crippen LogP) is 6.22. The Bertz CT molecular complexity index is 1430. The highest BCUT2D eigenvalue weighted by atomic mass is 32.1. The summed E-state index contributed by atoms with van der Waals surface area (Å²) in [5, 5.41) is 13.3. The number of hydrogen-bond donors (Lipinski definition) is 1. The molecule has 158 valence electrons. The molecule has 6 rings (SSSR count). The minimum atomic E-state index is 0.205. The zero-order valence-corrected chi connectivity index (χ0v) is 18.3. The number of pyridine rings is 1. The summed E-state index contributed by atoms with van der Waals surface area (Å²) in [4.78, 5) is 6.57. The molecule has 0 radical (unpaired) electrons. The highest BCUT2D eigenvalue weighted by Gasteiger charge is 2.20. The van der Waals surface area contributed by atoms with Gasteiger partial charge in [-0.25, -0.2) is 0 Å². The van der Waals surface area contributed by atoms with Crippen LogP contribution in [-0.2, 0) is 13.1 Å². The highest BCUT2D eigenvalue weighted by Crippen LogP contribution is 2.40. The lowest BCUT2D eigenvalue weighted by Gasteiger charge is -2.19. The van der Waals surface area contributed by atoms with Crippen LogP contribution in [-0.4, -0.2) is 28.1 Å². The molecule has 3 heterocycles. The first-order chi connectivity index (χ1) is 15.7. The van der Waals surface area contributed by atoms with E-state index in [1.807, 2.05) is 29.7 Å². The number of rotatable bonds is 3. The minimum absolute atomic E-state index is 0.205. The Morgan fingerprint density at radius 2 is 1.84 bits per heavy atom. The van der Waals surface area contributed by atoms with E-state index >= 15 is 0 Å². The van der Waals surface area contributed by atoms with Gasteiger partial charge in [0.25, 0.3) is 0 Å². The van der Waals surface area contributed by atoms with Crippen LogP contribution < -0.4 is 4.74 Å². The average Bonchev–Trinajstić information content (AvgIpc) is 3.06. The lowest BCUT2D eigenvalue weighted by atomic mass is 9.99. The van der Waals surface area contributed by atoms with Crippen molar-refractivity contribution >= 4 is 31.5 Å². The van der Waals surface area contributed by atoms with E-state index in [9.17, 15) is 5.11 Å². The Balaban J connectivity index is 1.38. The van der Waals surface area contributed by atoms with Crippen LogP contribution in [0.4, 0.5) is 0 Å². The molecular weight excluding hydrogens is 416 g/mol. The molecule has 4 nitrogen and oxygen atoms in total. The Labute approximate surface area is 190 Å². The molecule has 0 atom stereocenters. The van der Waals surface area contributed by atoms with E-state index in [0.29, 0.717) is 12.4 Å². The Kier molecular flexibility index (Phi) is 4.78. The summed E-state index contributed by atoms with van der Waals surface area (Å²) in [5.41, 5.74) is 4.29. The molecule has 5 aromatic rings. The molecule has 0 fully saturated rings. The first-order valence-corrected chi connectivity index (χ1v) is 11.6. The molecule has 0 saturated carbocycles. The van der Waals surface area contributed by atoms with E-state index < -0.39 is 0 Å². The van der Waals surface area contributed by atoms with Gasteiger partial charge in [0.05, 0.1) is 0 Å². The van der Waals surface area contributed by atoms with Gasteiger partial charge in [-0.05, 0) is 53.1 Å². The first kappa shape index (κ1) is 19.3. The summed E-state index contributed by atoms with van der Waals surface area (Å²) in [6, 6.07) is 23.1. The van der Waals surface area contributed by atoms with E-state index in [0.717, 1.165) is 36.3 Å². The monoisotopic (exact) mass is 438 g/mol. The van der Waals surface area contributed by atoms with Crippen molar-refractivity contribution in [3.05, 3.63) is 90.3 Å². The van der Waals surface area contributed by atoms with Crippen LogP contribution in [0.25, 0.3) is 31.3 Å². The van der Waals surface area contributed by atoms with Crippen LogP contribution >= 0.6 is 11.3 Å². The van der Waals surface area contributed by atoms with Gasteiger partial charge >= 0.3 is 0 Å². The fourth-order valence-electron chi connectivity index (χ4n) is 4.51. The molecule has 5 heteroatoms. The number of phenols is 1. The summed E-state index contributed by atoms with van der Waals surface area (Å²) in [6.45, 7) is 2.86. The fraction of sp³-hybridized carbons (Fsp3) is 0.148. The Hall–Kier alpha value is -3.41. The lowest BCUT2D eigenvalue weighted by Crippen LogP contribution is -2.25. The van der Waals surface area contributed by atoms with E-state index in [-0.39, 0.29) is 5.75 Å². The predicted molar refractivity (Wildman–Crippen MR) is 130 cm³/mol. The molecule has 0 aliphatic carbocycles. The third-order valence-corrected chi connectivity index (χ3v) is 7.18. The van der Waals surface area contributed by atoms with E-state index in [2.05, 4.69) is 64.5 Å². The summed E-state index contributed by atoms with van der Waals surface area (Å²) >= 11 is 1.81. The van der Waals surface area contributed by atoms with Gasteiger partial charge in [-0.15, -0.1) is 11.3 Å². The molecule has 2 aromatic heterocycles. The quantitative estimate of drug-likeness (QED) is 0.363. The second-order valence-electron chi connectivity index (χ2n) is 8.21. The molecule has 0 spiro atoms. The number of hydrogen-bond acceptors (Lipinski definition) is 5. The van der Waals surface area contributed by atoms with Crippen molar-refractivity contribution in [3.8, 4) is 22.6 Å². The van der Waals surface area contributed by atoms with Gasteiger partial charge in [0.1, 0.15) is 6.61 Å². The van der Waals surface area contributed by atoms with Crippen LogP contribution in [0.15, 0.2) is 79.1 Å². The van der Waals surface area contributed by atoms with Crippen molar-refractivity contribution in [2.75, 3.05) is 13.2 Å². The summed E-state index contributed by atoms with van der Waals surface area (Å²) in [5.74, 6) is 0.806. The van der Waals surface area contributed by atoms with Crippen LogP contribution in [0.5, 0.6) is 11.5 Å². The number of ether oxygens (including phenoxy) is 1. The van der Waals surface area contributed by atoms with Gasteiger partial charge in [-0.1, -0.05) is 30.3 Å². The number of nitrogens with zero attached hydrogens (tertiary/aromatic N) is 2. The smallest absolute Gasteiger partial charge is 0.165 e. The molecule has 0 unspecified atom stereocenters. The second kappa shape index (κ2) is 7.93. The number of aromatic hydroxyl groups is 1. The van der Waals surface area contributed by atoms with E-state index in [4.69, 9.17) is 4.74 Å². The number of benzene rings is 3. The van der Waals surface area contributed by atoms with Crippen LogP contribution in [0, 0.1) is 0 Å². The number of aromatic nitrogens is 1. The molecule has 3 aromatic carbocycles. The topological polar surface area (TPSA) is 45.6 Å². The second-order valence-corrected chi connectivity index (χ2v) is 9.30. The molecule has 0 amide bonds. The zero-order chi connectivity index (χ0) is 21.5. The third-order valence-electron chi connectivity index (χ3n) is 6.03. The van der Waals surface area contributed by atoms with Gasteiger partial charge < -0.3 is 9.84 Å². The summed E-state index contributed by atoms with van der Waals surface area (Å²) < 4.78 is 8.52. The van der Waals surface area contributed by atoms with Gasteiger partial charge in [0.15, 0.2) is 11.5 Å². The Morgan fingerprint density at radius 1 is 0.938 bits per heavy atom. The number of phenolic OH excluding ortho intramolecular Hbond substituents is 1. The van der Waals surface area contributed by atoms with E-state index in [1.54, 1.807) is 6.20 Å². The minimum Gasteiger partial charge on any atom is -0.504 e. The van der Waals surface area contributed by atoms with Crippen molar-refractivity contribution in [1.29, 1.82) is 0 Å². The highest BCUT2D eigenvalue weighted by molar-refractivity contribution is 7.25. The van der Waals surface area contributed by atoms with Crippen molar-refractivity contribution in [2.45, 2.75) is 13.1 Å². The number of thiophene rings is 1. The maximum absolute atomic E-state index is 10.8. The summed E-state index contributed by atoms with van der Waals surface area (Å²) in [6.07, 6.45) is 3.70. The molecular formula is C27H22N2O2S. The van der Waals surface area contributed by atoms with Crippen LogP contribution in [0.3, 0.4) is 0 Å². The molecule has 32 heavy (non-hydrogen) atoms. The standard InChI is InChI=1S/C27H22N2O2S/c30-24-14-20(19-7-8-26-23(13-19)22-5-1-2-6-25(22)32-26)12-21-17-29(10-11-31-27(21)24)16-18-4-3-9-28-15-18/h1-9,12-15,30H,10-11,16-17H2. The van der Waals surface area contributed by atoms with Crippen molar-refractivity contribution in [1.82, 2.24) is 9.88 Å². The molecule has 1 aliphatic heterocycles. The van der Waals surface area contributed by atoms with E-state index in [1.165, 1.54) is 25.7 Å². The third kappa shape index (κ3) is 3.49. The van der Waals surface area contributed by atoms with Crippen LogP contribution in [0.1, 0.15) is 11.1 Å². The van der Waals surface area contributed by atoms with Crippen molar-refractivity contribution < 1.29 is 9.84 Å². The molecule has 0 saturated heterocycles. The molecule has 0 bridgehead atoms.